The van der Waals surface area contributed by atoms with Gasteiger partial charge in [0.15, 0.2) is 0 Å². The molecule has 0 aliphatic rings. The second kappa shape index (κ2) is 5.71. The SMILES string of the molecule is CC(Cl)(c1ccccc1)c1ccccc1.[MgH2]. The van der Waals surface area contributed by atoms with Gasteiger partial charge in [-0.2, -0.15) is 0 Å². The zero-order valence-corrected chi connectivity index (χ0v) is 9.41. The normalized spacial score (nSPS) is 10.6. The van der Waals surface area contributed by atoms with Crippen LogP contribution in [0.5, 0.6) is 0 Å². The number of benzene rings is 2. The Morgan fingerprint density at radius 1 is 0.750 bits per heavy atom. The van der Waals surface area contributed by atoms with E-state index in [1.54, 1.807) is 0 Å². The van der Waals surface area contributed by atoms with Crippen molar-refractivity contribution in [3.8, 4) is 0 Å². The van der Waals surface area contributed by atoms with Gasteiger partial charge in [0.25, 0.3) is 0 Å². The lowest BCUT2D eigenvalue weighted by molar-refractivity contribution is 0.822. The lowest BCUT2D eigenvalue weighted by Gasteiger charge is -2.23. The molecule has 0 saturated heterocycles. The summed E-state index contributed by atoms with van der Waals surface area (Å²) in [5, 5.41) is 0. The molecule has 2 aromatic carbocycles. The Hall–Kier alpha value is -0.504. The molecule has 0 atom stereocenters. The third-order valence-corrected chi connectivity index (χ3v) is 3.07. The molecule has 0 bridgehead atoms. The van der Waals surface area contributed by atoms with Crippen LogP contribution >= 0.6 is 11.6 Å². The first-order valence-corrected chi connectivity index (χ1v) is 5.39. The molecule has 2 rings (SSSR count). The van der Waals surface area contributed by atoms with Crippen molar-refractivity contribution in [2.24, 2.45) is 0 Å². The van der Waals surface area contributed by atoms with Crippen LogP contribution in [0.15, 0.2) is 60.7 Å². The highest BCUT2D eigenvalue weighted by Crippen LogP contribution is 2.35. The zero-order chi connectivity index (χ0) is 10.7. The third kappa shape index (κ3) is 2.79. The highest BCUT2D eigenvalue weighted by molar-refractivity contribution is 6.25. The largest absolute Gasteiger partial charge is 0.316 e. The van der Waals surface area contributed by atoms with E-state index in [2.05, 4.69) is 24.3 Å². The predicted octanol–water partition coefficient (Wildman–Crippen LogP) is 3.27. The first-order valence-electron chi connectivity index (χ1n) is 5.01. The van der Waals surface area contributed by atoms with Gasteiger partial charge in [-0.1, -0.05) is 60.7 Å². The molecule has 0 saturated carbocycles. The molecule has 0 aromatic heterocycles. The Kier molecular flexibility index (Phi) is 4.84. The van der Waals surface area contributed by atoms with Gasteiger partial charge in [0.05, 0.1) is 4.87 Å². The molecular formula is C14H15ClMg. The van der Waals surface area contributed by atoms with Crippen LogP contribution < -0.4 is 0 Å². The molecule has 0 nitrogen and oxygen atoms in total. The van der Waals surface area contributed by atoms with Crippen LogP contribution in [0, 0.1) is 0 Å². The molecule has 0 radical (unpaired) electrons. The number of hydrogen-bond donors (Lipinski definition) is 0. The highest BCUT2D eigenvalue weighted by Gasteiger charge is 2.24. The molecule has 0 aliphatic carbocycles. The summed E-state index contributed by atoms with van der Waals surface area (Å²) in [6.45, 7) is 2.03. The van der Waals surface area contributed by atoms with Crippen molar-refractivity contribution in [3.63, 3.8) is 0 Å². The second-order valence-corrected chi connectivity index (χ2v) is 4.49. The number of alkyl halides is 1. The van der Waals surface area contributed by atoms with Crippen LogP contribution in [0.4, 0.5) is 0 Å². The molecule has 16 heavy (non-hydrogen) atoms. The van der Waals surface area contributed by atoms with Gasteiger partial charge in [-0.15, -0.1) is 11.6 Å². The van der Waals surface area contributed by atoms with E-state index in [4.69, 9.17) is 11.6 Å². The fraction of sp³-hybridized carbons (Fsp3) is 0.143. The van der Waals surface area contributed by atoms with Gasteiger partial charge in [0.2, 0.25) is 0 Å². The Labute approximate surface area is 118 Å². The third-order valence-electron chi connectivity index (χ3n) is 2.63. The standard InChI is InChI=1S/C14H13Cl.Mg.2H/c1-14(15,12-8-4-2-5-9-12)13-10-6-3-7-11-13;;;/h2-11H,1H3;;;. The van der Waals surface area contributed by atoms with E-state index < -0.39 is 4.87 Å². The Balaban J connectivity index is 0.00000128. The van der Waals surface area contributed by atoms with Crippen LogP contribution in [0.2, 0.25) is 0 Å². The first kappa shape index (κ1) is 13.6. The average molecular weight is 243 g/mol. The molecule has 0 heterocycles. The van der Waals surface area contributed by atoms with Crippen LogP contribution in [0.1, 0.15) is 18.1 Å². The van der Waals surface area contributed by atoms with E-state index in [1.807, 2.05) is 43.3 Å². The second-order valence-electron chi connectivity index (χ2n) is 3.74. The summed E-state index contributed by atoms with van der Waals surface area (Å²) in [4.78, 5) is -0.442. The minimum atomic E-state index is -0.442. The Bertz CT molecular complexity index is 382. The van der Waals surface area contributed by atoms with Gasteiger partial charge in [0.1, 0.15) is 0 Å². The molecule has 0 aliphatic heterocycles. The van der Waals surface area contributed by atoms with E-state index in [0.29, 0.717) is 0 Å². The van der Waals surface area contributed by atoms with Gasteiger partial charge in [0, 0.05) is 0 Å². The highest BCUT2D eigenvalue weighted by atomic mass is 35.5. The maximum absolute atomic E-state index is 6.59. The van der Waals surface area contributed by atoms with Gasteiger partial charge in [-0.25, -0.2) is 0 Å². The summed E-state index contributed by atoms with van der Waals surface area (Å²) < 4.78 is 0. The van der Waals surface area contributed by atoms with Crippen LogP contribution in [-0.2, 0) is 4.87 Å². The van der Waals surface area contributed by atoms with Crippen molar-refractivity contribution in [3.05, 3.63) is 71.8 Å². The smallest absolute Gasteiger partial charge is 0.109 e. The van der Waals surface area contributed by atoms with Crippen molar-refractivity contribution in [1.82, 2.24) is 0 Å². The lowest BCUT2D eigenvalue weighted by Crippen LogP contribution is -2.14. The van der Waals surface area contributed by atoms with E-state index in [9.17, 15) is 0 Å². The van der Waals surface area contributed by atoms with Gasteiger partial charge >= 0.3 is 23.1 Å². The summed E-state index contributed by atoms with van der Waals surface area (Å²) in [5.74, 6) is 0. The molecule has 0 fully saturated rings. The summed E-state index contributed by atoms with van der Waals surface area (Å²) in [6.07, 6.45) is 0. The molecule has 0 N–H and O–H groups in total. The molecule has 2 aromatic rings. The Morgan fingerprint density at radius 2 is 1.06 bits per heavy atom. The van der Waals surface area contributed by atoms with Gasteiger partial charge in [-0.05, 0) is 18.1 Å². The maximum atomic E-state index is 6.59. The first-order chi connectivity index (χ1) is 7.21. The van der Waals surface area contributed by atoms with Crippen molar-refractivity contribution < 1.29 is 0 Å². The molecule has 0 spiro atoms. The summed E-state index contributed by atoms with van der Waals surface area (Å²) >= 11 is 6.59. The van der Waals surface area contributed by atoms with Crippen molar-refractivity contribution in [1.29, 1.82) is 0 Å². The predicted molar refractivity (Wildman–Crippen MR) is 73.7 cm³/mol. The molecule has 2 heteroatoms. The topological polar surface area (TPSA) is 0 Å². The monoisotopic (exact) mass is 242 g/mol. The van der Waals surface area contributed by atoms with Crippen LogP contribution in [-0.4, -0.2) is 23.1 Å². The van der Waals surface area contributed by atoms with Crippen molar-refractivity contribution in [2.45, 2.75) is 11.8 Å². The fourth-order valence-electron chi connectivity index (χ4n) is 1.67. The van der Waals surface area contributed by atoms with E-state index in [0.717, 1.165) is 11.1 Å². The summed E-state index contributed by atoms with van der Waals surface area (Å²) in [7, 11) is 0. The van der Waals surface area contributed by atoms with E-state index in [-0.39, 0.29) is 23.1 Å². The minimum Gasteiger partial charge on any atom is -0.109 e. The fourth-order valence-corrected chi connectivity index (χ4v) is 1.92. The molecule has 0 amide bonds. The maximum Gasteiger partial charge on any atom is 0.316 e. The van der Waals surface area contributed by atoms with Crippen molar-refractivity contribution in [2.75, 3.05) is 0 Å². The average Bonchev–Trinajstić information content (AvgIpc) is 2.31. The minimum absolute atomic E-state index is 0. The van der Waals surface area contributed by atoms with Crippen LogP contribution in [0.25, 0.3) is 0 Å². The number of hydrogen-bond acceptors (Lipinski definition) is 0. The van der Waals surface area contributed by atoms with Crippen LogP contribution in [0.3, 0.4) is 0 Å². The van der Waals surface area contributed by atoms with E-state index in [1.165, 1.54) is 0 Å². The van der Waals surface area contributed by atoms with Gasteiger partial charge < -0.3 is 0 Å². The zero-order valence-electron chi connectivity index (χ0n) is 8.65. The Morgan fingerprint density at radius 3 is 1.38 bits per heavy atom. The summed E-state index contributed by atoms with van der Waals surface area (Å²) in [6, 6.07) is 20.3. The van der Waals surface area contributed by atoms with Crippen molar-refractivity contribution >= 4 is 34.7 Å². The van der Waals surface area contributed by atoms with E-state index >= 15 is 0 Å². The van der Waals surface area contributed by atoms with Gasteiger partial charge in [-0.3, -0.25) is 0 Å². The molecule has 80 valence electrons. The number of rotatable bonds is 2. The molecule has 0 unspecified atom stereocenters. The lowest BCUT2D eigenvalue weighted by atomic mass is 9.92. The number of halogens is 1. The summed E-state index contributed by atoms with van der Waals surface area (Å²) in [5.41, 5.74) is 2.25. The quantitative estimate of drug-likeness (QED) is 0.560. The molecular weight excluding hydrogens is 228 g/mol.